The lowest BCUT2D eigenvalue weighted by Crippen LogP contribution is -2.46. The highest BCUT2D eigenvalue weighted by Crippen LogP contribution is 2.34. The van der Waals surface area contributed by atoms with E-state index in [1.54, 1.807) is 36.9 Å². The minimum Gasteiger partial charge on any atom is -0.494 e. The van der Waals surface area contributed by atoms with Crippen LogP contribution in [0.4, 0.5) is 0 Å². The Labute approximate surface area is 594 Å². The maximum Gasteiger partial charge on any atom is 0.328 e. The maximum atomic E-state index is 13.4. The van der Waals surface area contributed by atoms with Crippen LogP contribution >= 0.6 is 22.7 Å². The first-order chi connectivity index (χ1) is 47.8. The molecule has 0 bridgehead atoms. The molecule has 0 aliphatic carbocycles. The van der Waals surface area contributed by atoms with E-state index in [1.165, 1.54) is 74.0 Å². The van der Waals surface area contributed by atoms with Crippen molar-refractivity contribution in [1.29, 1.82) is 0 Å². The van der Waals surface area contributed by atoms with Crippen molar-refractivity contribution in [3.05, 3.63) is 177 Å². The number of rotatable bonds is 37. The van der Waals surface area contributed by atoms with Gasteiger partial charge in [0.2, 0.25) is 11.8 Å². The standard InChI is InChI=1S/C40H47N3O7S.C39H47N3O6S/c1-5-6-7-8-9-20-50-31-16-14-27(15-17-31)30-24-41-37(42-25-30)28-12-10-26(11-13-28)21-29(38(47)43-32(39(48)49)23-36(45)46)22-33(44)34-18-19-35(51-34)40(2,3)4;1-5-6-7-8-9-20-48-31-16-14-27(15-17-31)30-23-40-36(41-24-30)28-12-10-26(11-13-28)21-29(37(45)42-32(25-43)38(46)47)22-33(44)34-18-19-35(49-34)39(2,3)4/h10-19,24-25,29,32H,5-9,20-23H2,1-4H3,(H,43,47)(H,45,46)(H,48,49);10-19,23-24,29,32,43H,5-9,20-22,25H2,1-4H3,(H,42,45)(H,46,47)/t29-,32+;29-,32-/m11/s1. The van der Waals surface area contributed by atoms with Crippen LogP contribution in [0.25, 0.3) is 45.0 Å². The summed E-state index contributed by atoms with van der Waals surface area (Å²) in [6, 6.07) is 34.8. The summed E-state index contributed by atoms with van der Waals surface area (Å²) in [6.45, 7) is 17.4. The minimum absolute atomic E-state index is 0.105. The lowest BCUT2D eigenvalue weighted by Gasteiger charge is -2.19. The predicted octanol–water partition coefficient (Wildman–Crippen LogP) is 15.5. The Hall–Kier alpha value is -9.31. The number of carbonyl (C=O) groups is 7. The molecule has 0 radical (unpaired) electrons. The van der Waals surface area contributed by atoms with Crippen LogP contribution in [0, 0.1) is 11.8 Å². The number of hydrogen-bond donors (Lipinski definition) is 6. The van der Waals surface area contributed by atoms with Crippen molar-refractivity contribution in [2.75, 3.05) is 19.8 Å². The summed E-state index contributed by atoms with van der Waals surface area (Å²) < 4.78 is 11.8. The second-order valence-electron chi connectivity index (χ2n) is 27.0. The molecule has 0 saturated heterocycles. The Morgan fingerprint density at radius 2 is 0.780 bits per heavy atom. The van der Waals surface area contributed by atoms with Gasteiger partial charge in [-0.05, 0) is 107 Å². The number of aliphatic carboxylic acids is 3. The predicted molar refractivity (Wildman–Crippen MR) is 391 cm³/mol. The van der Waals surface area contributed by atoms with Crippen LogP contribution in [-0.4, -0.2) is 114 Å². The molecule has 0 unspecified atom stereocenters. The molecule has 8 rings (SSSR count). The SMILES string of the molecule is CCCCCCCOc1ccc(-c2cnc(-c3ccc(C[C@H](CC(=O)c4ccc(C(C)(C)C)s4)C(=O)N[C@@H](CC(=O)O)C(=O)O)cc3)nc2)cc1.CCCCCCCOc1ccc(-c2cnc(-c3ccc(C[C@H](CC(=O)c4ccc(C(C)(C)C)s4)C(=O)N[C@H](CO)C(=O)O)cc3)nc2)cc1. The number of benzene rings is 4. The van der Waals surface area contributed by atoms with Gasteiger partial charge in [-0.1, -0.05) is 180 Å². The van der Waals surface area contributed by atoms with Crippen LogP contribution < -0.4 is 20.1 Å². The van der Waals surface area contributed by atoms with Crippen molar-refractivity contribution in [3.8, 4) is 56.5 Å². The molecule has 0 saturated carbocycles. The lowest BCUT2D eigenvalue weighted by molar-refractivity contribution is -0.147. The summed E-state index contributed by atoms with van der Waals surface area (Å²) in [4.78, 5) is 109. The maximum absolute atomic E-state index is 13.4. The van der Waals surface area contributed by atoms with E-state index < -0.39 is 66.7 Å². The van der Waals surface area contributed by atoms with E-state index >= 15 is 0 Å². The zero-order valence-corrected chi connectivity index (χ0v) is 60.1. The van der Waals surface area contributed by atoms with E-state index in [1.807, 2.05) is 130 Å². The highest BCUT2D eigenvalue weighted by atomic mass is 32.1. The number of nitrogens with one attached hydrogen (secondary N) is 2. The molecule has 19 nitrogen and oxygen atoms in total. The first kappa shape index (κ1) is 78.0. The normalized spacial score (nSPS) is 12.6. The minimum atomic E-state index is -1.62. The van der Waals surface area contributed by atoms with Crippen LogP contribution in [-0.2, 0) is 47.6 Å². The van der Waals surface area contributed by atoms with Crippen LogP contribution in [0.15, 0.2) is 146 Å². The number of hydrogen-bond acceptors (Lipinski definition) is 16. The van der Waals surface area contributed by atoms with Crippen LogP contribution in [0.5, 0.6) is 11.5 Å². The van der Waals surface area contributed by atoms with Gasteiger partial charge >= 0.3 is 17.9 Å². The summed E-state index contributed by atoms with van der Waals surface area (Å²) in [7, 11) is 0. The molecule has 0 aliphatic rings. The van der Waals surface area contributed by atoms with Gasteiger partial charge in [0.25, 0.3) is 0 Å². The van der Waals surface area contributed by atoms with Gasteiger partial charge in [-0.15, -0.1) is 22.7 Å². The monoisotopic (exact) mass is 1400 g/mol. The van der Waals surface area contributed by atoms with Gasteiger partial charge in [0.05, 0.1) is 36.0 Å². The van der Waals surface area contributed by atoms with Gasteiger partial charge in [0.15, 0.2) is 23.2 Å². The van der Waals surface area contributed by atoms with E-state index in [0.29, 0.717) is 34.6 Å². The Morgan fingerprint density at radius 3 is 1.10 bits per heavy atom. The molecule has 8 aromatic rings. The van der Waals surface area contributed by atoms with E-state index in [9.17, 15) is 48.9 Å². The van der Waals surface area contributed by atoms with Crippen LogP contribution in [0.2, 0.25) is 0 Å². The molecule has 530 valence electrons. The number of thiophene rings is 2. The molecule has 100 heavy (non-hydrogen) atoms. The molecule has 0 aliphatic heterocycles. The first-order valence-corrected chi connectivity index (χ1v) is 35.9. The number of ketones is 2. The average molecular weight is 1400 g/mol. The second-order valence-corrected chi connectivity index (χ2v) is 29.2. The summed E-state index contributed by atoms with van der Waals surface area (Å²) >= 11 is 2.77. The van der Waals surface area contributed by atoms with E-state index in [-0.39, 0.29) is 48.1 Å². The second kappa shape index (κ2) is 38.3. The van der Waals surface area contributed by atoms with Gasteiger partial charge in [-0.3, -0.25) is 24.0 Å². The number of carbonyl (C=O) groups excluding carboxylic acids is 4. The fraction of sp³-hybridized carbons (Fsp3) is 0.405. The van der Waals surface area contributed by atoms with E-state index in [4.69, 9.17) is 14.6 Å². The highest BCUT2D eigenvalue weighted by molar-refractivity contribution is 7.14. The van der Waals surface area contributed by atoms with Gasteiger partial charge in [-0.2, -0.15) is 0 Å². The summed E-state index contributed by atoms with van der Waals surface area (Å²) in [5, 5.41) is 42.2. The topological polar surface area (TPSA) is 294 Å². The molecule has 0 spiro atoms. The third-order valence-corrected chi connectivity index (χ3v) is 19.8. The molecule has 21 heteroatoms. The smallest absolute Gasteiger partial charge is 0.328 e. The Balaban J connectivity index is 0.000000281. The number of Topliss-reactive ketones (excluding diaryl/α,β-unsaturated/α-hetero) is 2. The fourth-order valence-corrected chi connectivity index (χ4v) is 12.8. The molecular weight excluding hydrogens is 1310 g/mol. The third-order valence-electron chi connectivity index (χ3n) is 16.7. The Kier molecular flexibility index (Phi) is 29.9. The number of aliphatic hydroxyl groups excluding tert-OH is 1. The molecule has 4 aromatic heterocycles. The molecule has 4 heterocycles. The number of aliphatic hydroxyl groups is 1. The Morgan fingerprint density at radius 1 is 0.430 bits per heavy atom. The fourth-order valence-electron chi connectivity index (χ4n) is 10.8. The van der Waals surface area contributed by atoms with Crippen molar-refractivity contribution < 1.29 is 63.5 Å². The van der Waals surface area contributed by atoms with Gasteiger partial charge < -0.3 is 40.5 Å². The summed E-state index contributed by atoms with van der Waals surface area (Å²) in [6.07, 6.45) is 18.3. The lowest BCUT2D eigenvalue weighted by atomic mass is 9.92. The zero-order valence-electron chi connectivity index (χ0n) is 58.5. The highest BCUT2D eigenvalue weighted by Gasteiger charge is 2.32. The molecular formula is C79H94N6O13S2. The van der Waals surface area contributed by atoms with Crippen LogP contribution in [0.3, 0.4) is 0 Å². The number of nitrogens with zero attached hydrogens (tertiary/aromatic N) is 4. The number of carboxylic acids is 3. The van der Waals surface area contributed by atoms with Crippen molar-refractivity contribution in [2.24, 2.45) is 11.8 Å². The van der Waals surface area contributed by atoms with Crippen molar-refractivity contribution in [1.82, 2.24) is 30.6 Å². The molecule has 0 fully saturated rings. The average Bonchev–Trinajstić information content (AvgIpc) is 1.36. The van der Waals surface area contributed by atoms with E-state index in [0.717, 1.165) is 78.6 Å². The first-order valence-electron chi connectivity index (χ1n) is 34.3. The molecule has 2 amide bonds. The van der Waals surface area contributed by atoms with E-state index in [2.05, 4.69) is 65.2 Å². The quantitative estimate of drug-likeness (QED) is 0.0156. The molecule has 6 N–H and O–H groups in total. The van der Waals surface area contributed by atoms with Gasteiger partial charge in [-0.25, -0.2) is 29.5 Å². The van der Waals surface area contributed by atoms with Crippen molar-refractivity contribution >= 4 is 64.0 Å². The van der Waals surface area contributed by atoms with Gasteiger partial charge in [0, 0.05) is 81.5 Å². The Bertz CT molecular complexity index is 3940. The zero-order chi connectivity index (χ0) is 72.4. The van der Waals surface area contributed by atoms with Crippen molar-refractivity contribution in [3.63, 3.8) is 0 Å². The number of carboxylic acid groups (broad SMARTS) is 3. The molecule has 4 atom stereocenters. The number of unbranched alkanes of at least 4 members (excludes halogenated alkanes) is 8. The van der Waals surface area contributed by atoms with Gasteiger partial charge in [0.1, 0.15) is 23.6 Å². The molecule has 4 aromatic carbocycles. The number of amides is 2. The van der Waals surface area contributed by atoms with Crippen molar-refractivity contribution in [2.45, 2.75) is 175 Å². The third kappa shape index (κ3) is 24.5. The summed E-state index contributed by atoms with van der Waals surface area (Å²) in [5.41, 5.74) is 6.50. The summed E-state index contributed by atoms with van der Waals surface area (Å²) in [5.74, 6) is -4.95. The van der Waals surface area contributed by atoms with Crippen LogP contribution in [0.1, 0.15) is 179 Å². The largest absolute Gasteiger partial charge is 0.494 e. The number of aromatic nitrogens is 4. The number of ether oxygens (including phenoxy) is 2.